The maximum absolute atomic E-state index is 13.5. The molecule has 0 saturated carbocycles. The van der Waals surface area contributed by atoms with E-state index in [0.29, 0.717) is 0 Å². The predicted octanol–water partition coefficient (Wildman–Crippen LogP) is 2.63. The van der Waals surface area contributed by atoms with E-state index in [4.69, 9.17) is 5.84 Å². The van der Waals surface area contributed by atoms with Crippen LogP contribution in [0.25, 0.3) is 0 Å². The first kappa shape index (κ1) is 17.0. The van der Waals surface area contributed by atoms with Gasteiger partial charge >= 0.3 is 0 Å². The van der Waals surface area contributed by atoms with Crippen LogP contribution in [0, 0.1) is 5.82 Å². The van der Waals surface area contributed by atoms with Gasteiger partial charge in [0.15, 0.2) is 0 Å². The van der Waals surface area contributed by atoms with Gasteiger partial charge in [-0.25, -0.2) is 4.39 Å². The van der Waals surface area contributed by atoms with Crippen LogP contribution in [0.5, 0.6) is 0 Å². The summed E-state index contributed by atoms with van der Waals surface area (Å²) in [7, 11) is 0. The van der Waals surface area contributed by atoms with E-state index in [0.717, 1.165) is 31.5 Å². The van der Waals surface area contributed by atoms with Gasteiger partial charge in [0.25, 0.3) is 0 Å². The summed E-state index contributed by atoms with van der Waals surface area (Å²) in [5.74, 6) is 5.48. The minimum absolute atomic E-state index is 0.145. The molecule has 114 valence electrons. The lowest BCUT2D eigenvalue weighted by molar-refractivity contribution is 0.0485. The zero-order chi connectivity index (χ0) is 15.2. The van der Waals surface area contributed by atoms with E-state index in [1.165, 1.54) is 12.3 Å². The molecule has 20 heavy (non-hydrogen) atoms. The largest absolute Gasteiger partial charge is 0.296 e. The lowest BCUT2D eigenvalue weighted by Crippen LogP contribution is -2.57. The Morgan fingerprint density at radius 1 is 1.25 bits per heavy atom. The number of likely N-dealkylation sites (N-methyl/N-ethyl adjacent to an activating group) is 1. The van der Waals surface area contributed by atoms with E-state index in [1.54, 1.807) is 6.20 Å². The first-order valence-corrected chi connectivity index (χ1v) is 7.41. The summed E-state index contributed by atoms with van der Waals surface area (Å²) in [5.41, 5.74) is 3.54. The fraction of sp³-hybridized carbons (Fsp3) is 0.667. The molecule has 0 aliphatic rings. The van der Waals surface area contributed by atoms with Crippen molar-refractivity contribution < 1.29 is 4.39 Å². The highest BCUT2D eigenvalue weighted by atomic mass is 19.1. The SMILES string of the molecule is CCN(CC)C(CC)(CC)C(NN)c1cncc(F)c1. The Bertz CT molecular complexity index is 403. The number of halogens is 1. The molecular formula is C15H27FN4. The molecule has 5 heteroatoms. The van der Waals surface area contributed by atoms with E-state index in [1.807, 2.05) is 0 Å². The fourth-order valence-electron chi connectivity index (χ4n) is 3.29. The van der Waals surface area contributed by atoms with Gasteiger partial charge in [-0.2, -0.15) is 0 Å². The fourth-order valence-corrected chi connectivity index (χ4v) is 3.29. The normalized spacial score (nSPS) is 13.8. The molecule has 0 aliphatic heterocycles. The van der Waals surface area contributed by atoms with Crippen LogP contribution in [0.3, 0.4) is 0 Å². The van der Waals surface area contributed by atoms with Gasteiger partial charge in [0.1, 0.15) is 5.82 Å². The molecule has 0 fully saturated rings. The first-order valence-electron chi connectivity index (χ1n) is 7.41. The minimum atomic E-state index is -0.330. The molecule has 0 saturated heterocycles. The number of hydrazine groups is 1. The molecule has 1 atom stereocenters. The summed E-state index contributed by atoms with van der Waals surface area (Å²) >= 11 is 0. The summed E-state index contributed by atoms with van der Waals surface area (Å²) in [6.07, 6.45) is 4.76. The van der Waals surface area contributed by atoms with Crippen molar-refractivity contribution in [2.75, 3.05) is 13.1 Å². The highest BCUT2D eigenvalue weighted by molar-refractivity contribution is 5.20. The van der Waals surface area contributed by atoms with Gasteiger partial charge in [0, 0.05) is 11.7 Å². The summed E-state index contributed by atoms with van der Waals surface area (Å²) < 4.78 is 13.5. The molecule has 1 aromatic rings. The van der Waals surface area contributed by atoms with Crippen LogP contribution in [0.1, 0.15) is 52.1 Å². The maximum Gasteiger partial charge on any atom is 0.141 e. The van der Waals surface area contributed by atoms with Crippen LogP contribution in [0.4, 0.5) is 4.39 Å². The minimum Gasteiger partial charge on any atom is -0.296 e. The quantitative estimate of drug-likeness (QED) is 0.568. The van der Waals surface area contributed by atoms with Crippen LogP contribution >= 0.6 is 0 Å². The lowest BCUT2D eigenvalue weighted by Gasteiger charge is -2.47. The van der Waals surface area contributed by atoms with Crippen molar-refractivity contribution in [3.63, 3.8) is 0 Å². The second kappa shape index (κ2) is 7.67. The number of nitrogens with one attached hydrogen (secondary N) is 1. The van der Waals surface area contributed by atoms with Gasteiger partial charge in [-0.3, -0.25) is 21.2 Å². The molecule has 0 amide bonds. The van der Waals surface area contributed by atoms with Crippen molar-refractivity contribution in [2.45, 2.75) is 52.1 Å². The van der Waals surface area contributed by atoms with Gasteiger partial charge in [0.2, 0.25) is 0 Å². The standard InChI is InChI=1S/C15H27FN4/c1-5-15(6-2,20(7-3)8-4)14(19-17)12-9-13(16)11-18-10-12/h9-11,14,19H,5-8,17H2,1-4H3. The van der Waals surface area contributed by atoms with Crippen LogP contribution in [-0.4, -0.2) is 28.5 Å². The zero-order valence-corrected chi connectivity index (χ0v) is 13.0. The average molecular weight is 282 g/mol. The number of nitrogens with two attached hydrogens (primary N) is 1. The maximum atomic E-state index is 13.5. The van der Waals surface area contributed by atoms with Crippen molar-refractivity contribution in [1.82, 2.24) is 15.3 Å². The Kier molecular flexibility index (Phi) is 6.52. The molecular weight excluding hydrogens is 255 g/mol. The van der Waals surface area contributed by atoms with Crippen LogP contribution in [0.2, 0.25) is 0 Å². The van der Waals surface area contributed by atoms with E-state index in [-0.39, 0.29) is 17.4 Å². The lowest BCUT2D eigenvalue weighted by atomic mass is 9.79. The molecule has 0 radical (unpaired) electrons. The number of nitrogens with zero attached hydrogens (tertiary/aromatic N) is 2. The Morgan fingerprint density at radius 2 is 1.85 bits per heavy atom. The van der Waals surface area contributed by atoms with Crippen LogP contribution in [0.15, 0.2) is 18.5 Å². The monoisotopic (exact) mass is 282 g/mol. The van der Waals surface area contributed by atoms with Crippen molar-refractivity contribution >= 4 is 0 Å². The number of aromatic nitrogens is 1. The zero-order valence-electron chi connectivity index (χ0n) is 13.0. The van der Waals surface area contributed by atoms with E-state index >= 15 is 0 Å². The molecule has 0 aromatic carbocycles. The summed E-state index contributed by atoms with van der Waals surface area (Å²) in [4.78, 5) is 6.35. The molecule has 1 unspecified atom stereocenters. The molecule has 0 bridgehead atoms. The Morgan fingerprint density at radius 3 is 2.25 bits per heavy atom. The van der Waals surface area contributed by atoms with Gasteiger partial charge in [-0.05, 0) is 37.6 Å². The third kappa shape index (κ3) is 3.16. The third-order valence-corrected chi connectivity index (χ3v) is 4.38. The van der Waals surface area contributed by atoms with Crippen molar-refractivity contribution in [3.05, 3.63) is 29.8 Å². The topological polar surface area (TPSA) is 54.2 Å². The molecule has 1 heterocycles. The van der Waals surface area contributed by atoms with E-state index < -0.39 is 0 Å². The third-order valence-electron chi connectivity index (χ3n) is 4.38. The second-order valence-electron chi connectivity index (χ2n) is 5.02. The molecule has 1 aromatic heterocycles. The Labute approximate surface area is 121 Å². The molecule has 0 spiro atoms. The summed E-state index contributed by atoms with van der Waals surface area (Å²) in [5, 5.41) is 0. The van der Waals surface area contributed by atoms with E-state index in [9.17, 15) is 4.39 Å². The molecule has 3 N–H and O–H groups in total. The number of pyridine rings is 1. The van der Waals surface area contributed by atoms with Crippen LogP contribution < -0.4 is 11.3 Å². The second-order valence-corrected chi connectivity index (χ2v) is 5.02. The van der Waals surface area contributed by atoms with Crippen molar-refractivity contribution in [3.8, 4) is 0 Å². The molecule has 1 rings (SSSR count). The van der Waals surface area contributed by atoms with Gasteiger partial charge < -0.3 is 0 Å². The van der Waals surface area contributed by atoms with Crippen molar-refractivity contribution in [2.24, 2.45) is 5.84 Å². The summed E-state index contributed by atoms with van der Waals surface area (Å²) in [6.45, 7) is 10.4. The van der Waals surface area contributed by atoms with Gasteiger partial charge in [0.05, 0.1) is 12.2 Å². The smallest absolute Gasteiger partial charge is 0.141 e. The Hall–Kier alpha value is -1.04. The highest BCUT2D eigenvalue weighted by Gasteiger charge is 2.40. The van der Waals surface area contributed by atoms with Gasteiger partial charge in [-0.15, -0.1) is 0 Å². The summed E-state index contributed by atoms with van der Waals surface area (Å²) in [6, 6.07) is 1.36. The number of rotatable bonds is 8. The van der Waals surface area contributed by atoms with Crippen LogP contribution in [-0.2, 0) is 0 Å². The molecule has 4 nitrogen and oxygen atoms in total. The van der Waals surface area contributed by atoms with E-state index in [2.05, 4.69) is 43.0 Å². The Balaban J connectivity index is 3.28. The molecule has 0 aliphatic carbocycles. The van der Waals surface area contributed by atoms with Crippen molar-refractivity contribution in [1.29, 1.82) is 0 Å². The number of hydrogen-bond donors (Lipinski definition) is 2. The average Bonchev–Trinajstić information content (AvgIpc) is 2.47. The van der Waals surface area contributed by atoms with Gasteiger partial charge in [-0.1, -0.05) is 27.7 Å². The highest BCUT2D eigenvalue weighted by Crippen LogP contribution is 2.36. The predicted molar refractivity (Wildman–Crippen MR) is 80.5 cm³/mol. The number of hydrogen-bond acceptors (Lipinski definition) is 4. The first-order chi connectivity index (χ1) is 9.59.